The monoisotopic (exact) mass is 316 g/mol. The molecule has 0 aliphatic carbocycles. The Morgan fingerprint density at radius 2 is 1.50 bits per heavy atom. The molecule has 0 bridgehead atoms. The average Bonchev–Trinajstić information content (AvgIpc) is 3.43. The third-order valence-corrected chi connectivity index (χ3v) is 3.72. The van der Waals surface area contributed by atoms with Crippen molar-refractivity contribution in [2.75, 3.05) is 6.61 Å². The van der Waals surface area contributed by atoms with E-state index in [2.05, 4.69) is 65.9 Å². The van der Waals surface area contributed by atoms with Crippen molar-refractivity contribution in [3.05, 3.63) is 85.6 Å². The second-order valence-electron chi connectivity index (χ2n) is 5.27. The van der Waals surface area contributed by atoms with E-state index < -0.39 is 0 Å². The molecule has 0 unspecified atom stereocenters. The van der Waals surface area contributed by atoms with Crippen LogP contribution in [0.4, 0.5) is 0 Å². The summed E-state index contributed by atoms with van der Waals surface area (Å²) < 4.78 is 10.2. The Morgan fingerprint density at radius 1 is 0.875 bits per heavy atom. The van der Waals surface area contributed by atoms with Crippen LogP contribution in [0.5, 0.6) is 11.5 Å². The minimum Gasteiger partial charge on any atom is -0.502 e. The van der Waals surface area contributed by atoms with Gasteiger partial charge < -0.3 is 9.47 Å². The smallest absolute Gasteiger partial charge is 0.178 e. The van der Waals surface area contributed by atoms with Crippen molar-refractivity contribution in [1.29, 1.82) is 0 Å². The van der Waals surface area contributed by atoms with Crippen molar-refractivity contribution >= 4 is 0 Å². The zero-order chi connectivity index (χ0) is 16.8. The summed E-state index contributed by atoms with van der Waals surface area (Å²) >= 11 is 0. The van der Waals surface area contributed by atoms with Crippen LogP contribution in [0.25, 0.3) is 22.3 Å². The molecule has 0 saturated carbocycles. The van der Waals surface area contributed by atoms with E-state index >= 15 is 0 Å². The van der Waals surface area contributed by atoms with Crippen molar-refractivity contribution < 1.29 is 9.47 Å². The van der Waals surface area contributed by atoms with E-state index in [0.29, 0.717) is 0 Å². The molecular weight excluding hydrogens is 296 g/mol. The van der Waals surface area contributed by atoms with Gasteiger partial charge in [0.2, 0.25) is 0 Å². The SMILES string of the molecule is C=COCC.c1ccc(-c2ccc3c(c2-c2ccccc2)O3)cc1. The van der Waals surface area contributed by atoms with Gasteiger partial charge in [0.05, 0.1) is 12.9 Å². The summed E-state index contributed by atoms with van der Waals surface area (Å²) in [7, 11) is 0. The Morgan fingerprint density at radius 3 is 2.04 bits per heavy atom. The van der Waals surface area contributed by atoms with Crippen molar-refractivity contribution in [2.45, 2.75) is 6.92 Å². The largest absolute Gasteiger partial charge is 0.502 e. The molecule has 0 N–H and O–H groups in total. The molecule has 120 valence electrons. The minimum absolute atomic E-state index is 0.726. The number of hydrogen-bond acceptors (Lipinski definition) is 2. The molecule has 0 atom stereocenters. The van der Waals surface area contributed by atoms with Gasteiger partial charge in [-0.1, -0.05) is 67.2 Å². The first kappa shape index (κ1) is 15.9. The van der Waals surface area contributed by atoms with E-state index in [1.807, 2.05) is 25.1 Å². The number of fused-ring (bicyclic) bond motifs is 1. The topological polar surface area (TPSA) is 21.8 Å². The van der Waals surface area contributed by atoms with E-state index in [1.165, 1.54) is 28.5 Å². The lowest BCUT2D eigenvalue weighted by atomic mass is 9.95. The quantitative estimate of drug-likeness (QED) is 0.326. The van der Waals surface area contributed by atoms with Gasteiger partial charge in [-0.15, -0.1) is 0 Å². The lowest BCUT2D eigenvalue weighted by molar-refractivity contribution is 0.270. The zero-order valence-electron chi connectivity index (χ0n) is 13.7. The van der Waals surface area contributed by atoms with Crippen LogP contribution in [-0.2, 0) is 4.74 Å². The Hall–Kier alpha value is -3.00. The fraction of sp³-hybridized carbons (Fsp3) is 0.0909. The molecule has 1 aliphatic rings. The predicted octanol–water partition coefficient (Wildman–Crippen LogP) is 6.29. The van der Waals surface area contributed by atoms with E-state index in [9.17, 15) is 0 Å². The number of ether oxygens (including phenoxy) is 2. The molecule has 0 amide bonds. The molecule has 0 aromatic heterocycles. The fourth-order valence-corrected chi connectivity index (χ4v) is 2.60. The Bertz CT molecular complexity index is 808. The van der Waals surface area contributed by atoms with Crippen LogP contribution in [0.15, 0.2) is 85.6 Å². The van der Waals surface area contributed by atoms with E-state index in [0.717, 1.165) is 18.1 Å². The summed E-state index contributed by atoms with van der Waals surface area (Å²) in [5.41, 5.74) is 4.85. The molecule has 0 fully saturated rings. The normalized spacial score (nSPS) is 10.5. The molecule has 2 nitrogen and oxygen atoms in total. The van der Waals surface area contributed by atoms with Gasteiger partial charge in [0, 0.05) is 5.56 Å². The van der Waals surface area contributed by atoms with Crippen LogP contribution >= 0.6 is 0 Å². The molecule has 3 aromatic carbocycles. The molecule has 0 saturated heterocycles. The summed E-state index contributed by atoms with van der Waals surface area (Å²) in [6.45, 7) is 5.97. The minimum atomic E-state index is 0.726. The predicted molar refractivity (Wildman–Crippen MR) is 99.2 cm³/mol. The molecule has 0 radical (unpaired) electrons. The van der Waals surface area contributed by atoms with Gasteiger partial charge in [0.25, 0.3) is 0 Å². The van der Waals surface area contributed by atoms with E-state index in [1.54, 1.807) is 0 Å². The molecule has 1 aliphatic heterocycles. The van der Waals surface area contributed by atoms with Crippen LogP contribution in [0, 0.1) is 0 Å². The van der Waals surface area contributed by atoms with Crippen LogP contribution in [0.3, 0.4) is 0 Å². The van der Waals surface area contributed by atoms with Crippen molar-refractivity contribution in [3.63, 3.8) is 0 Å². The van der Waals surface area contributed by atoms with Gasteiger partial charge in [-0.3, -0.25) is 0 Å². The highest BCUT2D eigenvalue weighted by atomic mass is 16.6. The van der Waals surface area contributed by atoms with Crippen LogP contribution in [0.1, 0.15) is 6.92 Å². The molecule has 4 rings (SSSR count). The molecule has 24 heavy (non-hydrogen) atoms. The average molecular weight is 316 g/mol. The van der Waals surface area contributed by atoms with Gasteiger partial charge >= 0.3 is 0 Å². The zero-order valence-corrected chi connectivity index (χ0v) is 13.7. The first-order chi connectivity index (χ1) is 11.8. The third kappa shape index (κ3) is 3.49. The Balaban J connectivity index is 0.000000300. The summed E-state index contributed by atoms with van der Waals surface area (Å²) in [5, 5.41) is 0. The van der Waals surface area contributed by atoms with Crippen molar-refractivity contribution in [1.82, 2.24) is 0 Å². The summed E-state index contributed by atoms with van der Waals surface area (Å²) in [4.78, 5) is 0. The highest BCUT2D eigenvalue weighted by Crippen LogP contribution is 2.55. The van der Waals surface area contributed by atoms with Gasteiger partial charge in [-0.25, -0.2) is 0 Å². The van der Waals surface area contributed by atoms with Gasteiger partial charge in [-0.05, 0) is 35.7 Å². The van der Waals surface area contributed by atoms with Gasteiger partial charge in [0.1, 0.15) is 0 Å². The van der Waals surface area contributed by atoms with Gasteiger partial charge in [0.15, 0.2) is 11.5 Å². The lowest BCUT2D eigenvalue weighted by Crippen LogP contribution is -1.82. The number of benzene rings is 3. The second-order valence-corrected chi connectivity index (χ2v) is 5.27. The van der Waals surface area contributed by atoms with Gasteiger partial charge in [-0.2, -0.15) is 0 Å². The van der Waals surface area contributed by atoms with Crippen LogP contribution < -0.4 is 4.74 Å². The summed E-state index contributed by atoms with van der Waals surface area (Å²) in [6, 6.07) is 25.0. The fourth-order valence-electron chi connectivity index (χ4n) is 2.60. The van der Waals surface area contributed by atoms with Crippen molar-refractivity contribution in [3.8, 4) is 33.8 Å². The lowest BCUT2D eigenvalue weighted by Gasteiger charge is -2.07. The van der Waals surface area contributed by atoms with Crippen LogP contribution in [-0.4, -0.2) is 6.61 Å². The molecule has 0 spiro atoms. The van der Waals surface area contributed by atoms with E-state index in [-0.39, 0.29) is 0 Å². The summed E-state index contributed by atoms with van der Waals surface area (Å²) in [6.07, 6.45) is 1.43. The third-order valence-electron chi connectivity index (χ3n) is 3.72. The maximum Gasteiger partial charge on any atom is 0.178 e. The molecule has 2 heteroatoms. The second kappa shape index (κ2) is 7.51. The van der Waals surface area contributed by atoms with E-state index in [4.69, 9.17) is 4.74 Å². The van der Waals surface area contributed by atoms with Crippen molar-refractivity contribution in [2.24, 2.45) is 0 Å². The molecular formula is C22H20O2. The maximum atomic E-state index is 5.59. The first-order valence-corrected chi connectivity index (χ1v) is 8.03. The summed E-state index contributed by atoms with van der Waals surface area (Å²) in [5.74, 6) is 2.02. The first-order valence-electron chi connectivity index (χ1n) is 8.03. The Kier molecular flexibility index (Phi) is 4.97. The molecule has 3 aromatic rings. The maximum absolute atomic E-state index is 5.59. The number of rotatable bonds is 4. The molecule has 1 heterocycles. The Labute approximate surface area is 143 Å². The number of hydrogen-bond donors (Lipinski definition) is 0. The highest BCUT2D eigenvalue weighted by Gasteiger charge is 2.27. The van der Waals surface area contributed by atoms with Crippen LogP contribution in [0.2, 0.25) is 0 Å². The standard InChI is InChI=1S/C18H12O.C4H8O/c1-3-7-13(8-4-1)15-11-12-16-18(19-16)17(15)14-9-5-2-6-10-14;1-3-5-4-2/h1-12H;3H,1,4H2,2H3. The highest BCUT2D eigenvalue weighted by molar-refractivity contribution is 5.92.